The Hall–Kier alpha value is -2.02. The molecule has 1 aromatic carbocycles. The fourth-order valence-electron chi connectivity index (χ4n) is 2.75. The van der Waals surface area contributed by atoms with Crippen molar-refractivity contribution in [3.63, 3.8) is 0 Å². The fraction of sp³-hybridized carbons (Fsp3) is 0.294. The van der Waals surface area contributed by atoms with Gasteiger partial charge in [0.25, 0.3) is 11.8 Å². The summed E-state index contributed by atoms with van der Waals surface area (Å²) in [6.07, 6.45) is 1.41. The number of carbonyl (C=O) groups excluding carboxylic acids is 2. The van der Waals surface area contributed by atoms with Crippen molar-refractivity contribution in [1.82, 2.24) is 9.80 Å². The number of nitrogens with zero attached hydrogens (tertiary/aromatic N) is 2. The van der Waals surface area contributed by atoms with Gasteiger partial charge in [-0.1, -0.05) is 23.2 Å². The smallest absolute Gasteiger partial charge is 0.257 e. The van der Waals surface area contributed by atoms with Crippen molar-refractivity contribution >= 4 is 35.0 Å². The van der Waals surface area contributed by atoms with E-state index in [4.69, 9.17) is 33.4 Å². The van der Waals surface area contributed by atoms with Gasteiger partial charge in [0.15, 0.2) is 0 Å². The molecule has 1 saturated heterocycles. The molecule has 1 aromatic heterocycles. The van der Waals surface area contributed by atoms with Gasteiger partial charge < -0.3 is 20.0 Å². The Morgan fingerprint density at radius 1 is 0.920 bits per heavy atom. The standard InChI is InChI=1S/C17H17Cl2N3O3/c18-13-5-11(6-14(19)8-13)16(23)21-1-3-22(4-2-21)17(24)12-7-15(9-20)25-10-12/h5-8,10H,1-4,9,20H2. The van der Waals surface area contributed by atoms with Crippen LogP contribution in [-0.2, 0) is 6.54 Å². The first-order valence-electron chi connectivity index (χ1n) is 7.80. The molecule has 2 amide bonds. The van der Waals surface area contributed by atoms with Crippen LogP contribution in [0.4, 0.5) is 0 Å². The Labute approximate surface area is 155 Å². The van der Waals surface area contributed by atoms with E-state index in [1.165, 1.54) is 6.26 Å². The molecule has 1 aliphatic heterocycles. The number of amides is 2. The van der Waals surface area contributed by atoms with Gasteiger partial charge in [-0.2, -0.15) is 0 Å². The highest BCUT2D eigenvalue weighted by atomic mass is 35.5. The molecule has 0 spiro atoms. The van der Waals surface area contributed by atoms with Crippen LogP contribution in [0.5, 0.6) is 0 Å². The van der Waals surface area contributed by atoms with Gasteiger partial charge in [0, 0.05) is 41.8 Å². The Balaban J connectivity index is 1.63. The summed E-state index contributed by atoms with van der Waals surface area (Å²) in [6.45, 7) is 2.02. The van der Waals surface area contributed by atoms with E-state index in [9.17, 15) is 9.59 Å². The molecular formula is C17H17Cl2N3O3. The second-order valence-corrected chi connectivity index (χ2v) is 6.62. The second kappa shape index (κ2) is 7.47. The molecule has 0 radical (unpaired) electrons. The average molecular weight is 382 g/mol. The summed E-state index contributed by atoms with van der Waals surface area (Å²) in [4.78, 5) is 28.4. The third kappa shape index (κ3) is 3.98. The maximum absolute atomic E-state index is 12.6. The summed E-state index contributed by atoms with van der Waals surface area (Å²) < 4.78 is 5.20. The summed E-state index contributed by atoms with van der Waals surface area (Å²) in [5.74, 6) is 0.293. The Bertz CT molecular complexity index is 778. The fourth-order valence-corrected chi connectivity index (χ4v) is 3.28. The molecule has 0 aliphatic carbocycles. The zero-order chi connectivity index (χ0) is 18.0. The third-order valence-corrected chi connectivity index (χ3v) is 4.50. The molecule has 1 fully saturated rings. The van der Waals surface area contributed by atoms with E-state index in [1.54, 1.807) is 34.1 Å². The van der Waals surface area contributed by atoms with E-state index in [1.807, 2.05) is 0 Å². The van der Waals surface area contributed by atoms with E-state index in [2.05, 4.69) is 0 Å². The minimum Gasteiger partial charge on any atom is -0.467 e. The molecule has 2 aromatic rings. The van der Waals surface area contributed by atoms with Gasteiger partial charge in [-0.05, 0) is 24.3 Å². The molecule has 0 atom stereocenters. The number of nitrogens with two attached hydrogens (primary N) is 1. The SMILES string of the molecule is NCc1cc(C(=O)N2CCN(C(=O)c3cc(Cl)cc(Cl)c3)CC2)co1. The van der Waals surface area contributed by atoms with Crippen molar-refractivity contribution in [3.8, 4) is 0 Å². The Kier molecular flexibility index (Phi) is 5.32. The van der Waals surface area contributed by atoms with Crippen molar-refractivity contribution in [2.24, 2.45) is 5.73 Å². The van der Waals surface area contributed by atoms with Crippen molar-refractivity contribution in [3.05, 3.63) is 57.5 Å². The molecule has 0 bridgehead atoms. The van der Waals surface area contributed by atoms with Gasteiger partial charge in [-0.15, -0.1) is 0 Å². The molecule has 6 nitrogen and oxygen atoms in total. The van der Waals surface area contributed by atoms with Gasteiger partial charge in [-0.3, -0.25) is 9.59 Å². The molecule has 2 N–H and O–H groups in total. The largest absolute Gasteiger partial charge is 0.467 e. The monoisotopic (exact) mass is 381 g/mol. The highest BCUT2D eigenvalue weighted by Gasteiger charge is 2.26. The number of furan rings is 1. The number of benzene rings is 1. The lowest BCUT2D eigenvalue weighted by Crippen LogP contribution is -2.50. The quantitative estimate of drug-likeness (QED) is 0.885. The Morgan fingerprint density at radius 3 is 1.92 bits per heavy atom. The van der Waals surface area contributed by atoms with Crippen LogP contribution in [0.2, 0.25) is 10.0 Å². The van der Waals surface area contributed by atoms with Gasteiger partial charge in [0.1, 0.15) is 12.0 Å². The van der Waals surface area contributed by atoms with Crippen LogP contribution < -0.4 is 5.73 Å². The molecule has 2 heterocycles. The van der Waals surface area contributed by atoms with Crippen LogP contribution in [0.1, 0.15) is 26.5 Å². The topological polar surface area (TPSA) is 79.8 Å². The summed E-state index contributed by atoms with van der Waals surface area (Å²) >= 11 is 11.9. The summed E-state index contributed by atoms with van der Waals surface area (Å²) in [6, 6.07) is 6.41. The van der Waals surface area contributed by atoms with Crippen molar-refractivity contribution < 1.29 is 14.0 Å². The Morgan fingerprint density at radius 2 is 1.44 bits per heavy atom. The zero-order valence-electron chi connectivity index (χ0n) is 13.4. The van der Waals surface area contributed by atoms with Crippen LogP contribution >= 0.6 is 23.2 Å². The number of hydrogen-bond donors (Lipinski definition) is 1. The minimum atomic E-state index is -0.148. The number of piperazine rings is 1. The van der Waals surface area contributed by atoms with Crippen molar-refractivity contribution in [2.45, 2.75) is 6.54 Å². The predicted octanol–water partition coefficient (Wildman–Crippen LogP) is 2.64. The van der Waals surface area contributed by atoms with Crippen LogP contribution in [0.25, 0.3) is 0 Å². The second-order valence-electron chi connectivity index (χ2n) is 5.75. The van der Waals surface area contributed by atoms with Gasteiger partial charge >= 0.3 is 0 Å². The highest BCUT2D eigenvalue weighted by molar-refractivity contribution is 6.35. The van der Waals surface area contributed by atoms with E-state index >= 15 is 0 Å². The van der Waals surface area contributed by atoms with E-state index in [-0.39, 0.29) is 18.4 Å². The molecule has 8 heteroatoms. The lowest BCUT2D eigenvalue weighted by molar-refractivity contribution is 0.0535. The molecule has 3 rings (SSSR count). The highest BCUT2D eigenvalue weighted by Crippen LogP contribution is 2.21. The van der Waals surface area contributed by atoms with Crippen molar-refractivity contribution in [2.75, 3.05) is 26.2 Å². The van der Waals surface area contributed by atoms with E-state index < -0.39 is 0 Å². The first-order valence-corrected chi connectivity index (χ1v) is 8.55. The summed E-state index contributed by atoms with van der Waals surface area (Å²) in [5, 5.41) is 0.834. The van der Waals surface area contributed by atoms with Crippen LogP contribution in [-0.4, -0.2) is 47.8 Å². The number of hydrogen-bond acceptors (Lipinski definition) is 4. The van der Waals surface area contributed by atoms with E-state index in [0.717, 1.165) is 0 Å². The predicted molar refractivity (Wildman–Crippen MR) is 94.9 cm³/mol. The lowest BCUT2D eigenvalue weighted by Gasteiger charge is -2.34. The molecule has 1 aliphatic rings. The maximum Gasteiger partial charge on any atom is 0.257 e. The zero-order valence-corrected chi connectivity index (χ0v) is 14.9. The van der Waals surface area contributed by atoms with E-state index in [0.29, 0.717) is 53.1 Å². The lowest BCUT2D eigenvalue weighted by atomic mass is 10.1. The molecule has 0 saturated carbocycles. The summed E-state index contributed by atoms with van der Waals surface area (Å²) in [5.41, 5.74) is 6.41. The maximum atomic E-state index is 12.6. The third-order valence-electron chi connectivity index (χ3n) is 4.07. The minimum absolute atomic E-state index is 0.124. The van der Waals surface area contributed by atoms with Crippen molar-refractivity contribution in [1.29, 1.82) is 0 Å². The number of rotatable bonds is 3. The molecule has 132 valence electrons. The van der Waals surface area contributed by atoms with Gasteiger partial charge in [0.05, 0.1) is 12.1 Å². The van der Waals surface area contributed by atoms with Crippen LogP contribution in [0, 0.1) is 0 Å². The average Bonchev–Trinajstić information content (AvgIpc) is 3.09. The number of carbonyl (C=O) groups is 2. The molecular weight excluding hydrogens is 365 g/mol. The summed E-state index contributed by atoms with van der Waals surface area (Å²) in [7, 11) is 0. The molecule has 0 unspecified atom stereocenters. The number of halogens is 2. The molecule has 25 heavy (non-hydrogen) atoms. The van der Waals surface area contributed by atoms with Crippen LogP contribution in [0.15, 0.2) is 34.9 Å². The first-order chi connectivity index (χ1) is 12.0. The van der Waals surface area contributed by atoms with Crippen LogP contribution in [0.3, 0.4) is 0 Å². The van der Waals surface area contributed by atoms with Gasteiger partial charge in [0.2, 0.25) is 0 Å². The first kappa shape index (κ1) is 17.8. The normalized spacial score (nSPS) is 14.7. The van der Waals surface area contributed by atoms with Gasteiger partial charge in [-0.25, -0.2) is 0 Å².